The zero-order chi connectivity index (χ0) is 17.4. The number of carboxylic acids is 1. The van der Waals surface area contributed by atoms with Crippen LogP contribution in [0.25, 0.3) is 0 Å². The van der Waals surface area contributed by atoms with Crippen molar-refractivity contribution in [2.75, 3.05) is 20.2 Å². The standard InChI is InChI=1S/C17H18N2O5/c1-19(17(22)24-12-13-5-3-2-4-6-13)9-10-23-14-7-8-15(16(20)21)18-11-14/h2-8,11H,9-10,12H2,1H3,(H,20,21). The number of aromatic carboxylic acids is 1. The number of rotatable bonds is 7. The average molecular weight is 330 g/mol. The van der Waals surface area contributed by atoms with Crippen LogP contribution in [0.5, 0.6) is 5.75 Å². The number of carbonyl (C=O) groups is 2. The van der Waals surface area contributed by atoms with Gasteiger partial charge in [0.2, 0.25) is 0 Å². The zero-order valence-corrected chi connectivity index (χ0v) is 13.2. The highest BCUT2D eigenvalue weighted by atomic mass is 16.6. The van der Waals surface area contributed by atoms with Crippen molar-refractivity contribution in [3.05, 3.63) is 59.9 Å². The van der Waals surface area contributed by atoms with E-state index in [0.717, 1.165) is 5.56 Å². The maximum absolute atomic E-state index is 11.8. The number of hydrogen-bond donors (Lipinski definition) is 1. The van der Waals surface area contributed by atoms with E-state index < -0.39 is 12.1 Å². The quantitative estimate of drug-likeness (QED) is 0.839. The first-order chi connectivity index (χ1) is 11.6. The van der Waals surface area contributed by atoms with Gasteiger partial charge in [-0.25, -0.2) is 14.6 Å². The third-order valence-corrected chi connectivity index (χ3v) is 3.17. The smallest absolute Gasteiger partial charge is 0.409 e. The third kappa shape index (κ3) is 5.28. The lowest BCUT2D eigenvalue weighted by atomic mass is 10.2. The number of benzene rings is 1. The molecular formula is C17H18N2O5. The van der Waals surface area contributed by atoms with Crippen molar-refractivity contribution in [3.63, 3.8) is 0 Å². The third-order valence-electron chi connectivity index (χ3n) is 3.17. The van der Waals surface area contributed by atoms with Crippen LogP contribution in [-0.2, 0) is 11.3 Å². The van der Waals surface area contributed by atoms with Gasteiger partial charge in [-0.15, -0.1) is 0 Å². The monoisotopic (exact) mass is 330 g/mol. The van der Waals surface area contributed by atoms with Gasteiger partial charge < -0.3 is 19.5 Å². The number of pyridine rings is 1. The van der Waals surface area contributed by atoms with Gasteiger partial charge in [-0.1, -0.05) is 30.3 Å². The molecule has 2 aromatic rings. The predicted molar refractivity (Wildman–Crippen MR) is 85.9 cm³/mol. The Bertz CT molecular complexity index is 673. The van der Waals surface area contributed by atoms with Gasteiger partial charge in [0.25, 0.3) is 0 Å². The van der Waals surface area contributed by atoms with Gasteiger partial charge in [-0.3, -0.25) is 0 Å². The molecule has 0 saturated heterocycles. The van der Waals surface area contributed by atoms with Gasteiger partial charge in [0.05, 0.1) is 12.7 Å². The Kier molecular flexibility index (Phi) is 6.13. The minimum atomic E-state index is -1.09. The van der Waals surface area contributed by atoms with Crippen LogP contribution in [0.15, 0.2) is 48.7 Å². The summed E-state index contributed by atoms with van der Waals surface area (Å²) in [6.45, 7) is 0.783. The van der Waals surface area contributed by atoms with Crippen molar-refractivity contribution in [2.24, 2.45) is 0 Å². The van der Waals surface area contributed by atoms with Gasteiger partial charge in [0, 0.05) is 7.05 Å². The molecule has 7 nitrogen and oxygen atoms in total. The average Bonchev–Trinajstić information content (AvgIpc) is 2.61. The van der Waals surface area contributed by atoms with E-state index in [1.165, 1.54) is 23.2 Å². The van der Waals surface area contributed by atoms with Crippen LogP contribution >= 0.6 is 0 Å². The lowest BCUT2D eigenvalue weighted by molar-refractivity contribution is 0.0690. The molecule has 0 aliphatic heterocycles. The molecular weight excluding hydrogens is 312 g/mol. The topological polar surface area (TPSA) is 89.0 Å². The fourth-order valence-electron chi connectivity index (χ4n) is 1.81. The summed E-state index contributed by atoms with van der Waals surface area (Å²) < 4.78 is 10.6. The highest BCUT2D eigenvalue weighted by Crippen LogP contribution is 2.09. The number of carbonyl (C=O) groups excluding carboxylic acids is 1. The molecule has 0 unspecified atom stereocenters. The lowest BCUT2D eigenvalue weighted by Gasteiger charge is -2.17. The molecule has 0 spiro atoms. The second-order valence-electron chi connectivity index (χ2n) is 4.99. The summed E-state index contributed by atoms with van der Waals surface area (Å²) in [5, 5.41) is 8.76. The molecule has 0 aliphatic rings. The fourth-order valence-corrected chi connectivity index (χ4v) is 1.81. The molecule has 0 radical (unpaired) electrons. The van der Waals surface area contributed by atoms with Crippen molar-refractivity contribution in [2.45, 2.75) is 6.61 Å². The Labute approximate surface area is 139 Å². The van der Waals surface area contributed by atoms with E-state index in [9.17, 15) is 9.59 Å². The number of nitrogens with zero attached hydrogens (tertiary/aromatic N) is 2. The van der Waals surface area contributed by atoms with Crippen molar-refractivity contribution in [3.8, 4) is 5.75 Å². The van der Waals surface area contributed by atoms with Crippen LogP contribution in [0.1, 0.15) is 16.1 Å². The van der Waals surface area contributed by atoms with Gasteiger partial charge in [-0.2, -0.15) is 0 Å². The van der Waals surface area contributed by atoms with E-state index in [1.54, 1.807) is 7.05 Å². The summed E-state index contributed by atoms with van der Waals surface area (Å²) in [4.78, 5) is 27.7. The molecule has 1 aromatic carbocycles. The molecule has 24 heavy (non-hydrogen) atoms. The summed E-state index contributed by atoms with van der Waals surface area (Å²) in [5.41, 5.74) is 0.865. The highest BCUT2D eigenvalue weighted by Gasteiger charge is 2.10. The van der Waals surface area contributed by atoms with Crippen molar-refractivity contribution >= 4 is 12.1 Å². The summed E-state index contributed by atoms with van der Waals surface area (Å²) in [7, 11) is 1.61. The summed E-state index contributed by atoms with van der Waals surface area (Å²) >= 11 is 0. The fraction of sp³-hybridized carbons (Fsp3) is 0.235. The molecule has 0 atom stereocenters. The molecule has 0 aliphatic carbocycles. The Balaban J connectivity index is 1.71. The summed E-state index contributed by atoms with van der Waals surface area (Å²) in [6.07, 6.45) is 0.888. The van der Waals surface area contributed by atoms with Crippen molar-refractivity contribution < 1.29 is 24.2 Å². The van der Waals surface area contributed by atoms with Crippen LogP contribution in [0, 0.1) is 0 Å². The lowest BCUT2D eigenvalue weighted by Crippen LogP contribution is -2.31. The van der Waals surface area contributed by atoms with E-state index in [2.05, 4.69) is 4.98 Å². The van der Waals surface area contributed by atoms with Gasteiger partial charge in [-0.05, 0) is 17.7 Å². The van der Waals surface area contributed by atoms with E-state index in [4.69, 9.17) is 14.6 Å². The number of carboxylic acid groups (broad SMARTS) is 1. The second-order valence-corrected chi connectivity index (χ2v) is 4.99. The molecule has 1 amide bonds. The Hall–Kier alpha value is -3.09. The Morgan fingerprint density at radius 3 is 2.54 bits per heavy atom. The Morgan fingerprint density at radius 1 is 1.17 bits per heavy atom. The van der Waals surface area contributed by atoms with E-state index in [1.807, 2.05) is 30.3 Å². The van der Waals surface area contributed by atoms with Gasteiger partial charge >= 0.3 is 12.1 Å². The maximum Gasteiger partial charge on any atom is 0.409 e. The van der Waals surface area contributed by atoms with Crippen LogP contribution in [-0.4, -0.2) is 47.3 Å². The van der Waals surface area contributed by atoms with Crippen LogP contribution in [0.4, 0.5) is 4.79 Å². The molecule has 1 N–H and O–H groups in total. The number of likely N-dealkylation sites (N-methyl/N-ethyl adjacent to an activating group) is 1. The molecule has 1 heterocycles. The minimum absolute atomic E-state index is 0.0519. The number of hydrogen-bond acceptors (Lipinski definition) is 5. The van der Waals surface area contributed by atoms with E-state index >= 15 is 0 Å². The summed E-state index contributed by atoms with van der Waals surface area (Å²) in [5.74, 6) is -0.659. The number of ether oxygens (including phenoxy) is 2. The number of aromatic nitrogens is 1. The minimum Gasteiger partial charge on any atom is -0.490 e. The predicted octanol–water partition coefficient (Wildman–Crippen LogP) is 2.43. The Morgan fingerprint density at radius 2 is 1.92 bits per heavy atom. The first kappa shape index (κ1) is 17.3. The van der Waals surface area contributed by atoms with E-state index in [0.29, 0.717) is 12.3 Å². The van der Waals surface area contributed by atoms with Crippen molar-refractivity contribution in [1.29, 1.82) is 0 Å². The highest BCUT2D eigenvalue weighted by molar-refractivity contribution is 5.85. The maximum atomic E-state index is 11.8. The van der Waals surface area contributed by atoms with Gasteiger partial charge in [0.15, 0.2) is 0 Å². The second kappa shape index (κ2) is 8.52. The van der Waals surface area contributed by atoms with E-state index in [-0.39, 0.29) is 18.9 Å². The molecule has 0 bridgehead atoms. The molecule has 126 valence electrons. The van der Waals surface area contributed by atoms with Crippen molar-refractivity contribution in [1.82, 2.24) is 9.88 Å². The van der Waals surface area contributed by atoms with Gasteiger partial charge in [0.1, 0.15) is 24.7 Å². The first-order valence-electron chi connectivity index (χ1n) is 7.30. The molecule has 0 saturated carbocycles. The summed E-state index contributed by atoms with van der Waals surface area (Å²) in [6, 6.07) is 12.3. The largest absolute Gasteiger partial charge is 0.490 e. The van der Waals surface area contributed by atoms with Crippen LogP contribution < -0.4 is 4.74 Å². The molecule has 1 aromatic heterocycles. The molecule has 2 rings (SSSR count). The first-order valence-corrected chi connectivity index (χ1v) is 7.30. The van der Waals surface area contributed by atoms with Crippen LogP contribution in [0.3, 0.4) is 0 Å². The van der Waals surface area contributed by atoms with Crippen LogP contribution in [0.2, 0.25) is 0 Å². The zero-order valence-electron chi connectivity index (χ0n) is 13.2. The SMILES string of the molecule is CN(CCOc1ccc(C(=O)O)nc1)C(=O)OCc1ccccc1. The molecule has 0 fully saturated rings. The molecule has 7 heteroatoms. The number of amides is 1. The normalized spacial score (nSPS) is 10.0.